The van der Waals surface area contributed by atoms with Gasteiger partial charge < -0.3 is 5.32 Å². The van der Waals surface area contributed by atoms with Gasteiger partial charge in [0.2, 0.25) is 15.9 Å². The third-order valence-corrected chi connectivity index (χ3v) is 5.76. The number of carbonyl (C=O) groups is 1. The van der Waals surface area contributed by atoms with E-state index < -0.39 is 10.0 Å². The summed E-state index contributed by atoms with van der Waals surface area (Å²) in [6.07, 6.45) is 5.84. The Labute approximate surface area is 147 Å². The zero-order valence-corrected chi connectivity index (χ0v) is 14.9. The number of nitrogens with zero attached hydrogens (tertiary/aromatic N) is 2. The molecule has 1 aromatic heterocycles. The second kappa shape index (κ2) is 7.37. The molecule has 8 heteroatoms. The van der Waals surface area contributed by atoms with E-state index in [0.717, 1.165) is 24.0 Å². The molecule has 0 bridgehead atoms. The van der Waals surface area contributed by atoms with E-state index >= 15 is 0 Å². The smallest absolute Gasteiger partial charge is 0.240 e. The molecule has 2 aromatic rings. The summed E-state index contributed by atoms with van der Waals surface area (Å²) in [5.41, 5.74) is 1.99. The van der Waals surface area contributed by atoms with Gasteiger partial charge in [-0.05, 0) is 48.6 Å². The van der Waals surface area contributed by atoms with Crippen molar-refractivity contribution in [3.05, 3.63) is 47.8 Å². The number of aromatic nitrogens is 2. The number of sulfonamides is 1. The van der Waals surface area contributed by atoms with Crippen LogP contribution in [0.4, 0.5) is 0 Å². The summed E-state index contributed by atoms with van der Waals surface area (Å²) in [6, 6.07) is 6.88. The van der Waals surface area contributed by atoms with E-state index in [1.807, 2.05) is 18.3 Å². The van der Waals surface area contributed by atoms with Crippen LogP contribution in [-0.4, -0.2) is 30.7 Å². The van der Waals surface area contributed by atoms with Gasteiger partial charge in [-0.15, -0.1) is 0 Å². The topological polar surface area (TPSA) is 93.1 Å². The third kappa shape index (κ3) is 4.26. The van der Waals surface area contributed by atoms with E-state index in [1.165, 1.54) is 6.92 Å². The summed E-state index contributed by atoms with van der Waals surface area (Å²) in [6.45, 7) is 2.47. The van der Waals surface area contributed by atoms with E-state index in [4.69, 9.17) is 0 Å². The van der Waals surface area contributed by atoms with E-state index in [-0.39, 0.29) is 16.8 Å². The molecule has 1 heterocycles. The van der Waals surface area contributed by atoms with E-state index in [1.54, 1.807) is 23.0 Å². The van der Waals surface area contributed by atoms with Crippen LogP contribution in [0.15, 0.2) is 41.6 Å². The summed E-state index contributed by atoms with van der Waals surface area (Å²) in [5.74, 6) is -0.108. The van der Waals surface area contributed by atoms with Crippen LogP contribution >= 0.6 is 0 Å². The van der Waals surface area contributed by atoms with Crippen molar-refractivity contribution in [2.24, 2.45) is 0 Å². The molecule has 25 heavy (non-hydrogen) atoms. The monoisotopic (exact) mass is 362 g/mol. The quantitative estimate of drug-likeness (QED) is 0.728. The molecule has 0 saturated carbocycles. The minimum absolute atomic E-state index is 0.108. The largest absolute Gasteiger partial charge is 0.350 e. The molecule has 1 unspecified atom stereocenters. The van der Waals surface area contributed by atoms with Crippen LogP contribution in [0.1, 0.15) is 36.9 Å². The van der Waals surface area contributed by atoms with Gasteiger partial charge >= 0.3 is 0 Å². The van der Waals surface area contributed by atoms with Gasteiger partial charge in [0.15, 0.2) is 0 Å². The maximum absolute atomic E-state index is 12.5. The lowest BCUT2D eigenvalue weighted by molar-refractivity contribution is -0.119. The maximum atomic E-state index is 12.5. The number of carbonyl (C=O) groups excluding carboxylic acids is 1. The van der Waals surface area contributed by atoms with Crippen LogP contribution < -0.4 is 10.0 Å². The first-order valence-corrected chi connectivity index (χ1v) is 9.81. The number of hydrogen-bond donors (Lipinski definition) is 2. The summed E-state index contributed by atoms with van der Waals surface area (Å²) in [4.78, 5) is 11.6. The zero-order valence-electron chi connectivity index (χ0n) is 14.1. The predicted molar refractivity (Wildman–Crippen MR) is 93.4 cm³/mol. The average molecular weight is 362 g/mol. The minimum atomic E-state index is -3.57. The van der Waals surface area contributed by atoms with Crippen molar-refractivity contribution in [2.75, 3.05) is 6.54 Å². The van der Waals surface area contributed by atoms with Gasteiger partial charge in [0.25, 0.3) is 0 Å². The molecule has 1 aromatic carbocycles. The molecule has 0 spiro atoms. The Hall–Kier alpha value is -2.19. The average Bonchev–Trinajstić information content (AvgIpc) is 3.21. The Morgan fingerprint density at radius 1 is 1.40 bits per heavy atom. The van der Waals surface area contributed by atoms with E-state index in [9.17, 15) is 13.2 Å². The van der Waals surface area contributed by atoms with E-state index in [0.29, 0.717) is 19.5 Å². The third-order valence-electron chi connectivity index (χ3n) is 4.30. The van der Waals surface area contributed by atoms with Crippen LogP contribution in [-0.2, 0) is 27.8 Å². The Bertz CT molecular complexity index is 847. The molecular formula is C17H22N4O3S. The molecule has 1 aliphatic rings. The van der Waals surface area contributed by atoms with Gasteiger partial charge in [0, 0.05) is 32.4 Å². The van der Waals surface area contributed by atoms with Gasteiger partial charge in [-0.1, -0.05) is 6.07 Å². The molecule has 0 radical (unpaired) electrons. The summed E-state index contributed by atoms with van der Waals surface area (Å²) >= 11 is 0. The molecule has 1 atom stereocenters. The van der Waals surface area contributed by atoms with Crippen molar-refractivity contribution >= 4 is 15.9 Å². The van der Waals surface area contributed by atoms with Gasteiger partial charge in [-0.2, -0.15) is 5.10 Å². The van der Waals surface area contributed by atoms with Crippen molar-refractivity contribution in [2.45, 2.75) is 43.7 Å². The maximum Gasteiger partial charge on any atom is 0.240 e. The molecule has 1 aliphatic carbocycles. The van der Waals surface area contributed by atoms with Crippen molar-refractivity contribution < 1.29 is 13.2 Å². The highest BCUT2D eigenvalue weighted by Crippen LogP contribution is 2.32. The van der Waals surface area contributed by atoms with Gasteiger partial charge in [0.1, 0.15) is 0 Å². The van der Waals surface area contributed by atoms with Crippen molar-refractivity contribution in [3.8, 4) is 0 Å². The van der Waals surface area contributed by atoms with Crippen LogP contribution in [0.2, 0.25) is 0 Å². The first kappa shape index (κ1) is 17.6. The normalized spacial score (nSPS) is 16.6. The number of aryl methyl sites for hydroxylation is 2. The Morgan fingerprint density at radius 2 is 2.24 bits per heavy atom. The van der Waals surface area contributed by atoms with Gasteiger partial charge in [-0.25, -0.2) is 13.1 Å². The molecular weight excluding hydrogens is 340 g/mol. The fourth-order valence-electron chi connectivity index (χ4n) is 3.11. The molecule has 0 fully saturated rings. The Balaban J connectivity index is 1.65. The number of hydrogen-bond acceptors (Lipinski definition) is 4. The molecule has 1 amide bonds. The molecule has 0 saturated heterocycles. The lowest BCUT2D eigenvalue weighted by Crippen LogP contribution is -2.27. The number of nitrogens with one attached hydrogen (secondary N) is 2. The number of benzene rings is 1. The lowest BCUT2D eigenvalue weighted by Gasteiger charge is -2.14. The van der Waals surface area contributed by atoms with Crippen LogP contribution in [0.5, 0.6) is 0 Å². The zero-order chi connectivity index (χ0) is 17.9. The number of rotatable bonds is 7. The molecule has 0 aliphatic heterocycles. The first-order chi connectivity index (χ1) is 12.0. The number of amides is 1. The minimum Gasteiger partial charge on any atom is -0.350 e. The first-order valence-electron chi connectivity index (χ1n) is 8.33. The highest BCUT2D eigenvalue weighted by Gasteiger charge is 2.25. The van der Waals surface area contributed by atoms with Crippen LogP contribution in [0.25, 0.3) is 0 Å². The Morgan fingerprint density at radius 3 is 2.96 bits per heavy atom. The molecule has 3 rings (SSSR count). The fourth-order valence-corrected chi connectivity index (χ4v) is 4.22. The highest BCUT2D eigenvalue weighted by molar-refractivity contribution is 7.89. The molecule has 2 N–H and O–H groups in total. The van der Waals surface area contributed by atoms with Crippen LogP contribution in [0, 0.1) is 0 Å². The fraction of sp³-hybridized carbons (Fsp3) is 0.412. The predicted octanol–water partition coefficient (Wildman–Crippen LogP) is 1.38. The van der Waals surface area contributed by atoms with Crippen molar-refractivity contribution in [3.63, 3.8) is 0 Å². The lowest BCUT2D eigenvalue weighted by atomic mass is 10.1. The van der Waals surface area contributed by atoms with Crippen LogP contribution in [0.3, 0.4) is 0 Å². The summed E-state index contributed by atoms with van der Waals surface area (Å²) in [5, 5.41) is 6.97. The second-order valence-electron chi connectivity index (χ2n) is 6.17. The van der Waals surface area contributed by atoms with E-state index in [2.05, 4.69) is 15.1 Å². The number of fused-ring (bicyclic) bond motifs is 1. The standard InChI is InChI=1S/C17H22N4O3S/c1-13(22)20-17-7-5-14-4-6-15(12-16(14)17)25(23,24)19-9-3-11-21-10-2-8-18-21/h2,4,6,8,10,12,17,19H,3,5,7,9,11H2,1H3,(H,20,22). The van der Waals surface area contributed by atoms with Gasteiger partial charge in [-0.3, -0.25) is 9.48 Å². The summed E-state index contributed by atoms with van der Waals surface area (Å²) < 4.78 is 29.4. The second-order valence-corrected chi connectivity index (χ2v) is 7.94. The molecule has 134 valence electrons. The SMILES string of the molecule is CC(=O)NC1CCc2ccc(S(=O)(=O)NCCCn3cccn3)cc21. The molecule has 7 nitrogen and oxygen atoms in total. The van der Waals surface area contributed by atoms with Gasteiger partial charge in [0.05, 0.1) is 10.9 Å². The Kier molecular flexibility index (Phi) is 5.19. The summed E-state index contributed by atoms with van der Waals surface area (Å²) in [7, 11) is -3.57. The van der Waals surface area contributed by atoms with Crippen molar-refractivity contribution in [1.82, 2.24) is 19.8 Å². The highest BCUT2D eigenvalue weighted by atomic mass is 32.2. The van der Waals surface area contributed by atoms with Crippen molar-refractivity contribution in [1.29, 1.82) is 0 Å².